The summed E-state index contributed by atoms with van der Waals surface area (Å²) in [5, 5.41) is 16.8. The van der Waals surface area contributed by atoms with E-state index in [1.165, 1.54) is 11.8 Å². The van der Waals surface area contributed by atoms with Gasteiger partial charge in [0.1, 0.15) is 5.75 Å². The maximum absolute atomic E-state index is 8.44. The first kappa shape index (κ1) is 14.4. The van der Waals surface area contributed by atoms with Crippen LogP contribution in [0.2, 0.25) is 0 Å². The minimum absolute atomic E-state index is 0.259. The summed E-state index contributed by atoms with van der Waals surface area (Å²) in [6, 6.07) is 9.89. The summed E-state index contributed by atoms with van der Waals surface area (Å²) < 4.78 is 11.0. The second-order valence-corrected chi connectivity index (χ2v) is 5.22. The minimum atomic E-state index is 0.259. The number of thioether (sulfide) groups is 1. The third-order valence-electron chi connectivity index (χ3n) is 2.46. The van der Waals surface area contributed by atoms with Crippen LogP contribution in [0.15, 0.2) is 33.9 Å². The van der Waals surface area contributed by atoms with Crippen molar-refractivity contribution in [2.45, 2.75) is 31.6 Å². The van der Waals surface area contributed by atoms with Gasteiger partial charge >= 0.3 is 0 Å². The lowest BCUT2D eigenvalue weighted by atomic mass is 10.2. The zero-order chi connectivity index (χ0) is 14.2. The summed E-state index contributed by atoms with van der Waals surface area (Å²) in [6.07, 6.45) is 1.36. The number of hydrogen-bond acceptors (Lipinski definition) is 6. The Morgan fingerprint density at radius 3 is 3.10 bits per heavy atom. The Morgan fingerprint density at radius 1 is 1.40 bits per heavy atom. The summed E-state index contributed by atoms with van der Waals surface area (Å²) in [6.45, 7) is 2.27. The number of aryl methyl sites for hydroxylation is 1. The lowest BCUT2D eigenvalue weighted by Gasteiger charge is -2.03. The average Bonchev–Trinajstić information content (AvgIpc) is 2.89. The quantitative estimate of drug-likeness (QED) is 0.575. The van der Waals surface area contributed by atoms with Gasteiger partial charge in [0.05, 0.1) is 6.07 Å². The molecule has 0 spiro atoms. The maximum atomic E-state index is 8.44. The molecule has 1 heterocycles. The Hall–Kier alpha value is -2.00. The van der Waals surface area contributed by atoms with Crippen LogP contribution in [0.3, 0.4) is 0 Å². The van der Waals surface area contributed by atoms with E-state index in [-0.39, 0.29) is 6.61 Å². The molecule has 0 N–H and O–H groups in total. The molecule has 0 amide bonds. The molecule has 6 heteroatoms. The molecule has 0 aliphatic carbocycles. The van der Waals surface area contributed by atoms with Gasteiger partial charge in [0.2, 0.25) is 0 Å². The highest BCUT2D eigenvalue weighted by atomic mass is 32.2. The highest BCUT2D eigenvalue weighted by Crippen LogP contribution is 2.19. The summed E-state index contributed by atoms with van der Waals surface area (Å²) in [5.74, 6) is 2.04. The van der Waals surface area contributed by atoms with Crippen LogP contribution in [0, 0.1) is 18.3 Å². The van der Waals surface area contributed by atoms with Gasteiger partial charge in [-0.25, -0.2) is 0 Å². The number of hydrogen-bond donors (Lipinski definition) is 0. The van der Waals surface area contributed by atoms with Crippen LogP contribution in [0.5, 0.6) is 5.75 Å². The third kappa shape index (κ3) is 4.59. The van der Waals surface area contributed by atoms with Crippen LogP contribution >= 0.6 is 11.8 Å². The number of ether oxygens (including phenoxy) is 1. The topological polar surface area (TPSA) is 71.9 Å². The summed E-state index contributed by atoms with van der Waals surface area (Å²) in [5.41, 5.74) is 1.14. The van der Waals surface area contributed by atoms with E-state index in [2.05, 4.69) is 16.3 Å². The van der Waals surface area contributed by atoms with Crippen molar-refractivity contribution in [1.29, 1.82) is 5.26 Å². The van der Waals surface area contributed by atoms with Gasteiger partial charge in [-0.05, 0) is 31.0 Å². The van der Waals surface area contributed by atoms with Crippen molar-refractivity contribution in [2.24, 2.45) is 0 Å². The maximum Gasteiger partial charge on any atom is 0.276 e. The molecule has 20 heavy (non-hydrogen) atoms. The molecule has 5 nitrogen and oxygen atoms in total. The Bertz CT molecular complexity index is 592. The van der Waals surface area contributed by atoms with Crippen LogP contribution in [0.25, 0.3) is 0 Å². The molecule has 0 saturated heterocycles. The van der Waals surface area contributed by atoms with Gasteiger partial charge in [-0.15, -0.1) is 10.2 Å². The van der Waals surface area contributed by atoms with E-state index in [0.717, 1.165) is 23.5 Å². The van der Waals surface area contributed by atoms with Crippen LogP contribution in [0.4, 0.5) is 0 Å². The summed E-state index contributed by atoms with van der Waals surface area (Å²) in [4.78, 5) is 0. The smallest absolute Gasteiger partial charge is 0.276 e. The molecule has 0 atom stereocenters. The van der Waals surface area contributed by atoms with Crippen LogP contribution in [-0.2, 0) is 6.61 Å². The summed E-state index contributed by atoms with van der Waals surface area (Å²) >= 11 is 1.46. The molecular weight excluding hydrogens is 274 g/mol. The molecule has 0 unspecified atom stereocenters. The number of benzene rings is 1. The van der Waals surface area contributed by atoms with Crippen molar-refractivity contribution in [3.05, 3.63) is 35.7 Å². The van der Waals surface area contributed by atoms with Crippen LogP contribution in [0.1, 0.15) is 24.3 Å². The lowest BCUT2D eigenvalue weighted by molar-refractivity contribution is 0.252. The van der Waals surface area contributed by atoms with Crippen LogP contribution in [-0.4, -0.2) is 16.0 Å². The second-order valence-electron chi connectivity index (χ2n) is 4.18. The molecule has 104 valence electrons. The predicted octanol–water partition coefficient (Wildman–Crippen LogP) is 3.35. The van der Waals surface area contributed by atoms with Gasteiger partial charge in [-0.3, -0.25) is 0 Å². The number of nitriles is 1. The molecule has 0 saturated carbocycles. The Morgan fingerprint density at radius 2 is 2.30 bits per heavy atom. The number of aromatic nitrogens is 2. The fourth-order valence-corrected chi connectivity index (χ4v) is 2.23. The normalized spacial score (nSPS) is 10.2. The highest BCUT2D eigenvalue weighted by Gasteiger charge is 2.07. The minimum Gasteiger partial charge on any atom is -0.484 e. The monoisotopic (exact) mass is 289 g/mol. The van der Waals surface area contributed by atoms with Crippen molar-refractivity contribution >= 4 is 11.8 Å². The van der Waals surface area contributed by atoms with Gasteiger partial charge in [0.15, 0.2) is 6.61 Å². The first-order chi connectivity index (χ1) is 9.78. The van der Waals surface area contributed by atoms with Gasteiger partial charge < -0.3 is 9.15 Å². The first-order valence-corrected chi connectivity index (χ1v) is 7.28. The molecule has 2 rings (SSSR count). The van der Waals surface area contributed by atoms with E-state index in [4.69, 9.17) is 14.4 Å². The van der Waals surface area contributed by atoms with E-state index < -0.39 is 0 Å². The van der Waals surface area contributed by atoms with Crippen molar-refractivity contribution in [3.63, 3.8) is 0 Å². The zero-order valence-corrected chi connectivity index (χ0v) is 12.0. The van der Waals surface area contributed by atoms with E-state index >= 15 is 0 Å². The van der Waals surface area contributed by atoms with Gasteiger partial charge in [0.25, 0.3) is 11.1 Å². The molecule has 0 aliphatic heterocycles. The van der Waals surface area contributed by atoms with Crippen molar-refractivity contribution in [3.8, 4) is 11.8 Å². The molecule has 0 fully saturated rings. The second kappa shape index (κ2) is 7.56. The highest BCUT2D eigenvalue weighted by molar-refractivity contribution is 7.99. The zero-order valence-electron chi connectivity index (χ0n) is 11.2. The van der Waals surface area contributed by atoms with Gasteiger partial charge in [-0.2, -0.15) is 5.26 Å². The van der Waals surface area contributed by atoms with Crippen molar-refractivity contribution < 1.29 is 9.15 Å². The molecule has 0 radical (unpaired) electrons. The fraction of sp³-hybridized carbons (Fsp3) is 0.357. The van der Waals surface area contributed by atoms with E-state index in [1.54, 1.807) is 0 Å². The standard InChI is InChI=1S/C14H15N3O2S/c1-11-5-4-6-12(9-11)18-10-13-16-17-14(19-13)20-8-3-2-7-15/h4-6,9H,2-3,8,10H2,1H3. The summed E-state index contributed by atoms with van der Waals surface area (Å²) in [7, 11) is 0. The van der Waals surface area contributed by atoms with Gasteiger partial charge in [0, 0.05) is 12.2 Å². The first-order valence-electron chi connectivity index (χ1n) is 6.29. The molecule has 0 bridgehead atoms. The van der Waals surface area contributed by atoms with E-state index in [1.807, 2.05) is 31.2 Å². The largest absolute Gasteiger partial charge is 0.484 e. The molecule has 1 aromatic heterocycles. The number of unbranched alkanes of at least 4 members (excludes halogenated alkanes) is 1. The van der Waals surface area contributed by atoms with Gasteiger partial charge in [-0.1, -0.05) is 23.9 Å². The predicted molar refractivity (Wildman–Crippen MR) is 75.4 cm³/mol. The van der Waals surface area contributed by atoms with Crippen molar-refractivity contribution in [1.82, 2.24) is 10.2 Å². The number of rotatable bonds is 7. The SMILES string of the molecule is Cc1cccc(OCc2nnc(SCCCC#N)o2)c1. The Balaban J connectivity index is 1.79. The Kier molecular flexibility index (Phi) is 5.44. The molecule has 0 aliphatic rings. The van der Waals surface area contributed by atoms with Crippen molar-refractivity contribution in [2.75, 3.05) is 5.75 Å². The molecule has 2 aromatic rings. The third-order valence-corrected chi connectivity index (χ3v) is 3.36. The Labute approximate surface area is 122 Å². The van der Waals surface area contributed by atoms with E-state index in [0.29, 0.717) is 17.5 Å². The number of nitrogens with zero attached hydrogens (tertiary/aromatic N) is 3. The lowest BCUT2D eigenvalue weighted by Crippen LogP contribution is -1.95. The molecular formula is C14H15N3O2S. The molecule has 1 aromatic carbocycles. The van der Waals surface area contributed by atoms with Crippen LogP contribution < -0.4 is 4.74 Å². The fourth-order valence-electron chi connectivity index (χ4n) is 1.52. The van der Waals surface area contributed by atoms with E-state index in [9.17, 15) is 0 Å². The average molecular weight is 289 g/mol.